The maximum absolute atomic E-state index is 5.66. The van der Waals surface area contributed by atoms with Crippen LogP contribution in [-0.4, -0.2) is 40.5 Å². The first-order chi connectivity index (χ1) is 8.93. The summed E-state index contributed by atoms with van der Waals surface area (Å²) < 4.78 is 13.2. The smallest absolute Gasteiger partial charge is 0.140 e. The molecule has 0 aromatic carbocycles. The van der Waals surface area contributed by atoms with E-state index in [0.717, 1.165) is 17.9 Å². The number of ether oxygens (including phenoxy) is 2. The highest BCUT2D eigenvalue weighted by molar-refractivity contribution is 5.54. The van der Waals surface area contributed by atoms with Gasteiger partial charge in [-0.25, -0.2) is 4.98 Å². The average Bonchev–Trinajstić information content (AvgIpc) is 2.89. The van der Waals surface area contributed by atoms with E-state index in [9.17, 15) is 0 Å². The van der Waals surface area contributed by atoms with E-state index in [4.69, 9.17) is 9.47 Å². The Morgan fingerprint density at radius 3 is 2.89 bits per heavy atom. The van der Waals surface area contributed by atoms with E-state index in [1.54, 1.807) is 18.6 Å². The van der Waals surface area contributed by atoms with Crippen LogP contribution in [0, 0.1) is 0 Å². The van der Waals surface area contributed by atoms with Crippen molar-refractivity contribution in [3.05, 3.63) is 36.9 Å². The summed E-state index contributed by atoms with van der Waals surface area (Å²) >= 11 is 0. The van der Waals surface area contributed by atoms with E-state index in [2.05, 4.69) is 14.5 Å². The molecular formula is C13H15N3O2. The minimum atomic E-state index is 0.105. The Bertz CT molecular complexity index is 492. The van der Waals surface area contributed by atoms with Gasteiger partial charge in [0.15, 0.2) is 0 Å². The van der Waals surface area contributed by atoms with Gasteiger partial charge in [0.05, 0.1) is 32.5 Å². The predicted molar refractivity (Wildman–Crippen MR) is 66.0 cm³/mol. The van der Waals surface area contributed by atoms with Crippen molar-refractivity contribution in [2.24, 2.45) is 0 Å². The highest BCUT2D eigenvalue weighted by Crippen LogP contribution is 2.17. The van der Waals surface area contributed by atoms with Crippen LogP contribution in [0.5, 0.6) is 0 Å². The first-order valence-corrected chi connectivity index (χ1v) is 6.04. The SMILES string of the molecule is c1cc(-c2nccn2CC2COCCO2)ccn1. The Balaban J connectivity index is 1.79. The lowest BCUT2D eigenvalue weighted by Crippen LogP contribution is -2.32. The zero-order chi connectivity index (χ0) is 12.2. The van der Waals surface area contributed by atoms with Crippen molar-refractivity contribution < 1.29 is 9.47 Å². The number of hydrogen-bond acceptors (Lipinski definition) is 4. The van der Waals surface area contributed by atoms with Crippen LogP contribution in [0.2, 0.25) is 0 Å². The van der Waals surface area contributed by atoms with E-state index >= 15 is 0 Å². The third-order valence-corrected chi connectivity index (χ3v) is 2.94. The van der Waals surface area contributed by atoms with Crippen molar-refractivity contribution in [1.29, 1.82) is 0 Å². The first kappa shape index (κ1) is 11.4. The minimum Gasteiger partial charge on any atom is -0.376 e. The molecule has 0 radical (unpaired) electrons. The second-order valence-electron chi connectivity index (χ2n) is 4.21. The summed E-state index contributed by atoms with van der Waals surface area (Å²) in [5, 5.41) is 0. The lowest BCUT2D eigenvalue weighted by atomic mass is 10.2. The van der Waals surface area contributed by atoms with E-state index in [0.29, 0.717) is 19.8 Å². The second-order valence-corrected chi connectivity index (χ2v) is 4.21. The summed E-state index contributed by atoms with van der Waals surface area (Å²) in [5.74, 6) is 0.937. The molecular weight excluding hydrogens is 230 g/mol. The Morgan fingerprint density at radius 1 is 1.22 bits per heavy atom. The third-order valence-electron chi connectivity index (χ3n) is 2.94. The number of nitrogens with zero attached hydrogens (tertiary/aromatic N) is 3. The molecule has 1 saturated heterocycles. The van der Waals surface area contributed by atoms with Gasteiger partial charge in [-0.05, 0) is 12.1 Å². The Kier molecular flexibility index (Phi) is 3.34. The molecule has 1 atom stereocenters. The van der Waals surface area contributed by atoms with Gasteiger partial charge in [0, 0.05) is 30.4 Å². The van der Waals surface area contributed by atoms with Crippen LogP contribution in [0.4, 0.5) is 0 Å². The van der Waals surface area contributed by atoms with Crippen LogP contribution in [0.1, 0.15) is 0 Å². The monoisotopic (exact) mass is 245 g/mol. The van der Waals surface area contributed by atoms with Crippen molar-refractivity contribution >= 4 is 0 Å². The largest absolute Gasteiger partial charge is 0.376 e. The van der Waals surface area contributed by atoms with E-state index in [1.165, 1.54) is 0 Å². The van der Waals surface area contributed by atoms with Gasteiger partial charge in [-0.3, -0.25) is 4.98 Å². The van der Waals surface area contributed by atoms with Crippen molar-refractivity contribution in [3.63, 3.8) is 0 Å². The number of hydrogen-bond donors (Lipinski definition) is 0. The van der Waals surface area contributed by atoms with E-state index in [-0.39, 0.29) is 6.10 Å². The van der Waals surface area contributed by atoms with E-state index in [1.807, 2.05) is 18.3 Å². The molecule has 0 spiro atoms. The van der Waals surface area contributed by atoms with Crippen molar-refractivity contribution in [1.82, 2.24) is 14.5 Å². The van der Waals surface area contributed by atoms with Crippen LogP contribution in [0.25, 0.3) is 11.4 Å². The summed E-state index contributed by atoms with van der Waals surface area (Å²) in [6.07, 6.45) is 7.42. The maximum Gasteiger partial charge on any atom is 0.140 e. The van der Waals surface area contributed by atoms with Crippen LogP contribution in [0.15, 0.2) is 36.9 Å². The van der Waals surface area contributed by atoms with Crippen LogP contribution in [-0.2, 0) is 16.0 Å². The number of rotatable bonds is 3. The van der Waals surface area contributed by atoms with Gasteiger partial charge in [0.2, 0.25) is 0 Å². The minimum absolute atomic E-state index is 0.105. The number of aromatic nitrogens is 3. The topological polar surface area (TPSA) is 49.2 Å². The quantitative estimate of drug-likeness (QED) is 0.819. The van der Waals surface area contributed by atoms with Crippen LogP contribution in [0.3, 0.4) is 0 Å². The zero-order valence-electron chi connectivity index (χ0n) is 10.0. The second kappa shape index (κ2) is 5.29. The molecule has 2 aromatic heterocycles. The fourth-order valence-electron chi connectivity index (χ4n) is 2.08. The Morgan fingerprint density at radius 2 is 2.11 bits per heavy atom. The Hall–Kier alpha value is -1.72. The summed E-state index contributed by atoms with van der Waals surface area (Å²) in [5.41, 5.74) is 1.06. The summed E-state index contributed by atoms with van der Waals surface area (Å²) in [6, 6.07) is 3.91. The Labute approximate surface area is 105 Å². The highest BCUT2D eigenvalue weighted by Gasteiger charge is 2.16. The van der Waals surface area contributed by atoms with Crippen LogP contribution < -0.4 is 0 Å². The number of pyridine rings is 1. The lowest BCUT2D eigenvalue weighted by molar-refractivity contribution is -0.0934. The van der Waals surface area contributed by atoms with E-state index < -0.39 is 0 Å². The van der Waals surface area contributed by atoms with Crippen molar-refractivity contribution in [2.45, 2.75) is 12.6 Å². The molecule has 0 N–H and O–H groups in total. The van der Waals surface area contributed by atoms with Crippen molar-refractivity contribution in [2.75, 3.05) is 19.8 Å². The van der Waals surface area contributed by atoms with Gasteiger partial charge in [0.25, 0.3) is 0 Å². The van der Waals surface area contributed by atoms with Gasteiger partial charge in [-0.15, -0.1) is 0 Å². The average molecular weight is 245 g/mol. The molecule has 3 rings (SSSR count). The molecule has 18 heavy (non-hydrogen) atoms. The van der Waals surface area contributed by atoms with Gasteiger partial charge < -0.3 is 14.0 Å². The molecule has 2 aromatic rings. The maximum atomic E-state index is 5.66. The first-order valence-electron chi connectivity index (χ1n) is 6.04. The fourth-order valence-corrected chi connectivity index (χ4v) is 2.08. The molecule has 3 heterocycles. The summed E-state index contributed by atoms with van der Waals surface area (Å²) in [7, 11) is 0. The van der Waals surface area contributed by atoms with Gasteiger partial charge in [-0.2, -0.15) is 0 Å². The zero-order valence-corrected chi connectivity index (χ0v) is 10.0. The molecule has 1 fully saturated rings. The molecule has 1 aliphatic heterocycles. The molecule has 1 unspecified atom stereocenters. The standard InChI is InChI=1S/C13H15N3O2/c1-3-14-4-2-11(1)13-15-5-6-16(13)9-12-10-17-7-8-18-12/h1-6,12H,7-10H2. The summed E-state index contributed by atoms with van der Waals surface area (Å²) in [6.45, 7) is 2.77. The van der Waals surface area contributed by atoms with Gasteiger partial charge in [0.1, 0.15) is 5.82 Å². The molecule has 94 valence electrons. The highest BCUT2D eigenvalue weighted by atomic mass is 16.6. The molecule has 0 saturated carbocycles. The fraction of sp³-hybridized carbons (Fsp3) is 0.385. The molecule has 1 aliphatic rings. The molecule has 0 aliphatic carbocycles. The molecule has 5 heteroatoms. The number of imidazole rings is 1. The lowest BCUT2D eigenvalue weighted by Gasteiger charge is -2.23. The molecule has 5 nitrogen and oxygen atoms in total. The summed E-state index contributed by atoms with van der Waals surface area (Å²) in [4.78, 5) is 8.41. The predicted octanol–water partition coefficient (Wildman–Crippen LogP) is 1.36. The van der Waals surface area contributed by atoms with Gasteiger partial charge >= 0.3 is 0 Å². The molecule has 0 amide bonds. The molecule has 0 bridgehead atoms. The van der Waals surface area contributed by atoms with Crippen molar-refractivity contribution in [3.8, 4) is 11.4 Å². The van der Waals surface area contributed by atoms with Gasteiger partial charge in [-0.1, -0.05) is 0 Å². The van der Waals surface area contributed by atoms with Crippen LogP contribution >= 0.6 is 0 Å². The normalized spacial score (nSPS) is 19.9. The third kappa shape index (κ3) is 2.42.